The number of hydrogen-bond acceptors (Lipinski definition) is 3. The molecule has 3 heteroatoms. The van der Waals surface area contributed by atoms with E-state index in [0.29, 0.717) is 0 Å². The van der Waals surface area contributed by atoms with Crippen LogP contribution >= 0.6 is 11.3 Å². The molecule has 52 heavy (non-hydrogen) atoms. The number of rotatable bonds is 5. The predicted molar refractivity (Wildman–Crippen MR) is 219 cm³/mol. The van der Waals surface area contributed by atoms with Gasteiger partial charge in [0.2, 0.25) is 0 Å². The Balaban J connectivity index is 1.29. The van der Waals surface area contributed by atoms with Crippen molar-refractivity contribution in [3.8, 4) is 11.1 Å². The van der Waals surface area contributed by atoms with Crippen LogP contribution in [0.3, 0.4) is 0 Å². The van der Waals surface area contributed by atoms with Crippen LogP contribution in [0.1, 0.15) is 22.3 Å². The van der Waals surface area contributed by atoms with Crippen LogP contribution in [0.15, 0.2) is 192 Å². The van der Waals surface area contributed by atoms with Gasteiger partial charge >= 0.3 is 0 Å². The van der Waals surface area contributed by atoms with Crippen LogP contribution < -0.4 is 4.90 Å². The number of anilines is 3. The van der Waals surface area contributed by atoms with Crippen LogP contribution in [0.4, 0.5) is 17.1 Å². The lowest BCUT2D eigenvalue weighted by molar-refractivity contribution is 0.668. The van der Waals surface area contributed by atoms with E-state index in [0.717, 1.165) is 39.0 Å². The van der Waals surface area contributed by atoms with Gasteiger partial charge in [-0.15, -0.1) is 11.3 Å². The van der Waals surface area contributed by atoms with Crippen LogP contribution in [-0.2, 0) is 5.41 Å². The van der Waals surface area contributed by atoms with Gasteiger partial charge in [-0.1, -0.05) is 146 Å². The molecule has 2 nitrogen and oxygen atoms in total. The van der Waals surface area contributed by atoms with Crippen molar-refractivity contribution in [1.29, 1.82) is 0 Å². The third-order valence-corrected chi connectivity index (χ3v) is 12.1. The number of benzene rings is 8. The molecule has 11 rings (SSSR count). The molecule has 0 amide bonds. The first kappa shape index (κ1) is 29.3. The van der Waals surface area contributed by atoms with Crippen molar-refractivity contribution in [2.75, 3.05) is 4.90 Å². The van der Waals surface area contributed by atoms with Crippen molar-refractivity contribution in [2.24, 2.45) is 0 Å². The summed E-state index contributed by atoms with van der Waals surface area (Å²) in [6.07, 6.45) is 0. The van der Waals surface area contributed by atoms with E-state index >= 15 is 0 Å². The molecule has 0 saturated heterocycles. The molecule has 0 atom stereocenters. The number of hydrogen-bond donors (Lipinski definition) is 0. The molecule has 244 valence electrons. The van der Waals surface area contributed by atoms with E-state index in [2.05, 4.69) is 193 Å². The van der Waals surface area contributed by atoms with Crippen molar-refractivity contribution in [2.45, 2.75) is 5.41 Å². The van der Waals surface area contributed by atoms with Gasteiger partial charge in [0, 0.05) is 36.6 Å². The van der Waals surface area contributed by atoms with Crippen LogP contribution in [0.25, 0.3) is 53.2 Å². The zero-order chi connectivity index (χ0) is 34.2. The largest absolute Gasteiger partial charge is 0.454 e. The van der Waals surface area contributed by atoms with Crippen molar-refractivity contribution >= 4 is 70.5 Å². The monoisotopic (exact) mass is 681 g/mol. The number of thiophene rings is 1. The molecule has 0 fully saturated rings. The van der Waals surface area contributed by atoms with Gasteiger partial charge in [0.25, 0.3) is 0 Å². The Morgan fingerprint density at radius 3 is 1.81 bits per heavy atom. The highest BCUT2D eigenvalue weighted by molar-refractivity contribution is 7.26. The first-order valence-electron chi connectivity index (χ1n) is 17.8. The summed E-state index contributed by atoms with van der Waals surface area (Å²) < 4.78 is 9.65. The summed E-state index contributed by atoms with van der Waals surface area (Å²) in [5, 5.41) is 4.75. The highest BCUT2D eigenvalue weighted by atomic mass is 32.1. The van der Waals surface area contributed by atoms with Gasteiger partial charge in [-0.25, -0.2) is 0 Å². The van der Waals surface area contributed by atoms with Crippen LogP contribution in [0.2, 0.25) is 0 Å². The third kappa shape index (κ3) is 4.00. The number of fused-ring (bicyclic) bond motifs is 9. The van der Waals surface area contributed by atoms with Gasteiger partial charge in [0.1, 0.15) is 5.58 Å². The summed E-state index contributed by atoms with van der Waals surface area (Å²) in [6, 6.07) is 68.3. The number of para-hydroxylation sites is 2. The molecule has 10 aromatic rings. The first-order valence-corrected chi connectivity index (χ1v) is 18.6. The van der Waals surface area contributed by atoms with Crippen molar-refractivity contribution in [3.05, 3.63) is 210 Å². The molecule has 0 unspecified atom stereocenters. The Morgan fingerprint density at radius 1 is 0.423 bits per heavy atom. The normalized spacial score (nSPS) is 13.2. The number of nitrogens with zero attached hydrogens (tertiary/aromatic N) is 1. The highest BCUT2D eigenvalue weighted by Crippen LogP contribution is 2.59. The van der Waals surface area contributed by atoms with Crippen molar-refractivity contribution in [3.63, 3.8) is 0 Å². The molecule has 0 N–H and O–H groups in total. The standard InChI is InChI=1S/C49H31NOS/c1-3-16-32(17-4-1)49(38-24-11-7-20-34(38)35-21-8-12-25-39(35)49)40-30-31-42(48-46(40)36-22-9-13-27-43(36)51-48)50(33-18-5-2-6-19-33)41-26-15-29-45-47(41)37-23-10-14-28-44(37)52-45/h1-31H. The minimum atomic E-state index is -0.570. The predicted octanol–water partition coefficient (Wildman–Crippen LogP) is 13.8. The van der Waals surface area contributed by atoms with Crippen LogP contribution in [0.5, 0.6) is 0 Å². The average Bonchev–Trinajstić information content (AvgIpc) is 3.88. The van der Waals surface area contributed by atoms with E-state index in [4.69, 9.17) is 4.42 Å². The summed E-state index contributed by atoms with van der Waals surface area (Å²) in [7, 11) is 0. The van der Waals surface area contributed by atoms with Crippen molar-refractivity contribution < 1.29 is 4.42 Å². The lowest BCUT2D eigenvalue weighted by atomic mass is 9.66. The topological polar surface area (TPSA) is 16.4 Å². The molecule has 2 aromatic heterocycles. The lowest BCUT2D eigenvalue weighted by Crippen LogP contribution is -2.29. The zero-order valence-corrected chi connectivity index (χ0v) is 29.0. The molecule has 0 aliphatic heterocycles. The Bertz CT molecular complexity index is 2930. The SMILES string of the molecule is c1ccc(N(c2ccc(C3(c4ccccc4)c4ccccc4-c4ccccc43)c3c2oc2ccccc23)c2cccc3sc4ccccc4c23)cc1. The fraction of sp³-hybridized carbons (Fsp3) is 0.0204. The van der Waals surface area contributed by atoms with Gasteiger partial charge in [0.05, 0.1) is 16.8 Å². The Morgan fingerprint density at radius 2 is 1.04 bits per heavy atom. The molecule has 1 aliphatic rings. The maximum atomic E-state index is 7.11. The molecule has 2 heterocycles. The molecule has 1 aliphatic carbocycles. The van der Waals surface area contributed by atoms with Gasteiger partial charge in [-0.05, 0) is 75.8 Å². The fourth-order valence-electron chi connectivity index (χ4n) is 8.91. The van der Waals surface area contributed by atoms with Gasteiger partial charge < -0.3 is 9.32 Å². The van der Waals surface area contributed by atoms with E-state index in [9.17, 15) is 0 Å². The van der Waals surface area contributed by atoms with Gasteiger partial charge in [-0.3, -0.25) is 0 Å². The highest BCUT2D eigenvalue weighted by Gasteiger charge is 2.47. The van der Waals surface area contributed by atoms with Gasteiger partial charge in [0.15, 0.2) is 5.58 Å². The summed E-state index contributed by atoms with van der Waals surface area (Å²) >= 11 is 1.84. The third-order valence-electron chi connectivity index (χ3n) is 10.9. The minimum absolute atomic E-state index is 0.570. The van der Waals surface area contributed by atoms with Crippen molar-refractivity contribution in [1.82, 2.24) is 0 Å². The summed E-state index contributed by atoms with van der Waals surface area (Å²) in [5.74, 6) is 0. The lowest BCUT2D eigenvalue weighted by Gasteiger charge is -2.35. The van der Waals surface area contributed by atoms with E-state index in [-0.39, 0.29) is 0 Å². The van der Waals surface area contributed by atoms with Crippen LogP contribution in [-0.4, -0.2) is 0 Å². The zero-order valence-electron chi connectivity index (χ0n) is 28.2. The Kier molecular flexibility index (Phi) is 6.37. The molecule has 0 radical (unpaired) electrons. The van der Waals surface area contributed by atoms with E-state index in [1.54, 1.807) is 0 Å². The molecule has 0 spiro atoms. The Labute approximate surface area is 305 Å². The summed E-state index contributed by atoms with van der Waals surface area (Å²) in [6.45, 7) is 0. The van der Waals surface area contributed by atoms with Gasteiger partial charge in [-0.2, -0.15) is 0 Å². The van der Waals surface area contributed by atoms with E-state index in [1.807, 2.05) is 11.3 Å². The maximum absolute atomic E-state index is 7.11. The minimum Gasteiger partial charge on any atom is -0.454 e. The van der Waals surface area contributed by atoms with Crippen LogP contribution in [0, 0.1) is 0 Å². The fourth-order valence-corrected chi connectivity index (χ4v) is 10.0. The second-order valence-electron chi connectivity index (χ2n) is 13.6. The smallest absolute Gasteiger partial charge is 0.159 e. The second kappa shape index (κ2) is 11.3. The number of furan rings is 1. The molecule has 0 bridgehead atoms. The second-order valence-corrected chi connectivity index (χ2v) is 14.6. The maximum Gasteiger partial charge on any atom is 0.159 e. The molecular weight excluding hydrogens is 651 g/mol. The average molecular weight is 682 g/mol. The molecular formula is C49H31NOS. The molecule has 8 aromatic carbocycles. The Hall–Kier alpha value is -6.42. The summed E-state index contributed by atoms with van der Waals surface area (Å²) in [4.78, 5) is 2.40. The summed E-state index contributed by atoms with van der Waals surface area (Å²) in [5.41, 5.74) is 12.0. The van der Waals surface area contributed by atoms with E-state index in [1.165, 1.54) is 53.6 Å². The quantitative estimate of drug-likeness (QED) is 0.180. The molecule has 0 saturated carbocycles. The first-order chi connectivity index (χ1) is 25.8. The van der Waals surface area contributed by atoms with E-state index < -0.39 is 5.41 Å².